The zero-order chi connectivity index (χ0) is 13.2. The van der Waals surface area contributed by atoms with Crippen LogP contribution in [-0.2, 0) is 4.79 Å². The molecule has 1 aliphatic rings. The fourth-order valence-electron chi connectivity index (χ4n) is 1.55. The Morgan fingerprint density at radius 1 is 1.41 bits per heavy atom. The van der Waals surface area contributed by atoms with Gasteiger partial charge in [-0.1, -0.05) is 13.8 Å². The fourth-order valence-corrected chi connectivity index (χ4v) is 1.55. The molecule has 0 heterocycles. The Hall–Kier alpha value is -0.780. The third kappa shape index (κ3) is 4.93. The van der Waals surface area contributed by atoms with Crippen molar-refractivity contribution in [2.45, 2.75) is 51.4 Å². The summed E-state index contributed by atoms with van der Waals surface area (Å²) in [4.78, 5) is 12.7. The summed E-state index contributed by atoms with van der Waals surface area (Å²) in [5, 5.41) is 0. The summed E-state index contributed by atoms with van der Waals surface area (Å²) in [5.74, 6) is -0.392. The van der Waals surface area contributed by atoms with Crippen LogP contribution in [0.25, 0.3) is 0 Å². The molecule has 1 saturated carbocycles. The summed E-state index contributed by atoms with van der Waals surface area (Å²) in [5.41, 5.74) is 5.71. The van der Waals surface area contributed by atoms with Gasteiger partial charge in [-0.25, -0.2) is 0 Å². The van der Waals surface area contributed by atoms with Gasteiger partial charge in [0, 0.05) is 18.5 Å². The minimum Gasteiger partial charge on any atom is -0.331 e. The van der Waals surface area contributed by atoms with Crippen LogP contribution in [0.2, 0.25) is 0 Å². The second-order valence-corrected chi connectivity index (χ2v) is 4.98. The van der Waals surface area contributed by atoms with E-state index in [1.165, 1.54) is 0 Å². The van der Waals surface area contributed by atoms with Gasteiger partial charge in [0.05, 0.1) is 0 Å². The molecule has 0 aromatic carbocycles. The molecule has 0 aromatic rings. The van der Waals surface area contributed by atoms with Gasteiger partial charge in [-0.05, 0) is 18.8 Å². The number of rotatable bonds is 5. The van der Waals surface area contributed by atoms with Crippen LogP contribution in [0.1, 0.15) is 33.1 Å². The monoisotopic (exact) mass is 252 g/mol. The van der Waals surface area contributed by atoms with Crippen LogP contribution in [0.5, 0.6) is 0 Å². The molecule has 0 radical (unpaired) electrons. The van der Waals surface area contributed by atoms with E-state index in [4.69, 9.17) is 5.73 Å². The van der Waals surface area contributed by atoms with E-state index in [0.717, 1.165) is 4.90 Å². The molecular weight excluding hydrogens is 233 g/mol. The molecule has 0 aromatic heterocycles. The molecule has 1 atom stereocenters. The molecule has 100 valence electrons. The maximum absolute atomic E-state index is 12.3. The van der Waals surface area contributed by atoms with Crippen molar-refractivity contribution in [2.24, 2.45) is 11.7 Å². The van der Waals surface area contributed by atoms with Gasteiger partial charge in [0.2, 0.25) is 5.91 Å². The number of nitrogens with two attached hydrogens (primary N) is 1. The number of amides is 1. The van der Waals surface area contributed by atoms with Gasteiger partial charge in [-0.3, -0.25) is 4.79 Å². The average molecular weight is 252 g/mol. The molecule has 3 nitrogen and oxygen atoms in total. The quantitative estimate of drug-likeness (QED) is 0.812. The normalized spacial score (nSPS) is 18.3. The van der Waals surface area contributed by atoms with Crippen LogP contribution in [0, 0.1) is 5.92 Å². The highest BCUT2D eigenvalue weighted by molar-refractivity contribution is 5.77. The van der Waals surface area contributed by atoms with Gasteiger partial charge < -0.3 is 10.6 Å². The summed E-state index contributed by atoms with van der Waals surface area (Å²) in [6, 6.07) is -0.611. The lowest BCUT2D eigenvalue weighted by atomic mass is 10.0. The Morgan fingerprint density at radius 3 is 2.29 bits per heavy atom. The zero-order valence-corrected chi connectivity index (χ0v) is 10.1. The first-order valence-electron chi connectivity index (χ1n) is 5.82. The number of hydrogen-bond donors (Lipinski definition) is 1. The smallest absolute Gasteiger partial charge is 0.331 e. The van der Waals surface area contributed by atoms with Gasteiger partial charge >= 0.3 is 6.18 Å². The SMILES string of the molecule is CC(C)C(N)CC(=O)N(CC(F)(F)F)C1CC1. The van der Waals surface area contributed by atoms with Crippen molar-refractivity contribution in [1.29, 1.82) is 0 Å². The molecule has 0 aliphatic heterocycles. The van der Waals surface area contributed by atoms with Gasteiger partial charge in [0.25, 0.3) is 0 Å². The molecule has 1 rings (SSSR count). The number of alkyl halides is 3. The summed E-state index contributed by atoms with van der Waals surface area (Å²) < 4.78 is 37.0. The second kappa shape index (κ2) is 5.25. The van der Waals surface area contributed by atoms with Crippen molar-refractivity contribution in [2.75, 3.05) is 6.54 Å². The largest absolute Gasteiger partial charge is 0.406 e. The van der Waals surface area contributed by atoms with Crippen LogP contribution in [0.15, 0.2) is 0 Å². The van der Waals surface area contributed by atoms with E-state index in [0.29, 0.717) is 12.8 Å². The van der Waals surface area contributed by atoms with Crippen molar-refractivity contribution >= 4 is 5.91 Å². The first-order valence-corrected chi connectivity index (χ1v) is 5.82. The predicted molar refractivity (Wildman–Crippen MR) is 58.2 cm³/mol. The van der Waals surface area contributed by atoms with E-state index in [9.17, 15) is 18.0 Å². The lowest BCUT2D eigenvalue weighted by Crippen LogP contribution is -2.43. The lowest BCUT2D eigenvalue weighted by Gasteiger charge is -2.26. The second-order valence-electron chi connectivity index (χ2n) is 4.98. The van der Waals surface area contributed by atoms with Crippen LogP contribution in [0.3, 0.4) is 0 Å². The topological polar surface area (TPSA) is 46.3 Å². The maximum atomic E-state index is 12.3. The molecular formula is C11H19F3N2O. The summed E-state index contributed by atoms with van der Waals surface area (Å²) in [6.07, 6.45) is -3.01. The molecule has 6 heteroatoms. The van der Waals surface area contributed by atoms with Crippen LogP contribution in [0.4, 0.5) is 13.2 Å². The minimum atomic E-state index is -4.33. The zero-order valence-electron chi connectivity index (χ0n) is 10.1. The first-order chi connectivity index (χ1) is 7.70. The molecule has 1 amide bonds. The lowest BCUT2D eigenvalue weighted by molar-refractivity contribution is -0.162. The Labute approximate surface area is 99.1 Å². The maximum Gasteiger partial charge on any atom is 0.406 e. The molecule has 0 spiro atoms. The van der Waals surface area contributed by atoms with Crippen molar-refractivity contribution < 1.29 is 18.0 Å². The van der Waals surface area contributed by atoms with Crippen molar-refractivity contribution in [3.8, 4) is 0 Å². The Bertz CT molecular complexity index is 274. The number of carbonyl (C=O) groups is 1. The van der Waals surface area contributed by atoms with Gasteiger partial charge in [-0.2, -0.15) is 13.2 Å². The molecule has 1 fully saturated rings. The Balaban J connectivity index is 2.55. The van der Waals surface area contributed by atoms with E-state index in [1.807, 2.05) is 13.8 Å². The summed E-state index contributed by atoms with van der Waals surface area (Å²) >= 11 is 0. The molecule has 17 heavy (non-hydrogen) atoms. The van der Waals surface area contributed by atoms with E-state index in [-0.39, 0.29) is 24.4 Å². The third-order valence-electron chi connectivity index (χ3n) is 2.92. The van der Waals surface area contributed by atoms with Crippen molar-refractivity contribution in [3.05, 3.63) is 0 Å². The van der Waals surface area contributed by atoms with Gasteiger partial charge in [-0.15, -0.1) is 0 Å². The van der Waals surface area contributed by atoms with Crippen LogP contribution >= 0.6 is 0 Å². The Kier molecular flexibility index (Phi) is 4.41. The highest BCUT2D eigenvalue weighted by Gasteiger charge is 2.40. The summed E-state index contributed by atoms with van der Waals surface area (Å²) in [7, 11) is 0. The van der Waals surface area contributed by atoms with Gasteiger partial charge in [0.15, 0.2) is 0 Å². The number of carbonyl (C=O) groups excluding carboxylic acids is 1. The van der Waals surface area contributed by atoms with Crippen LogP contribution in [-0.4, -0.2) is 35.6 Å². The van der Waals surface area contributed by atoms with Gasteiger partial charge in [0.1, 0.15) is 6.54 Å². The van der Waals surface area contributed by atoms with Crippen molar-refractivity contribution in [3.63, 3.8) is 0 Å². The average Bonchev–Trinajstić information content (AvgIpc) is 2.95. The molecule has 1 unspecified atom stereocenters. The highest BCUT2D eigenvalue weighted by Crippen LogP contribution is 2.30. The number of nitrogens with zero attached hydrogens (tertiary/aromatic N) is 1. The third-order valence-corrected chi connectivity index (χ3v) is 2.92. The minimum absolute atomic E-state index is 0.00968. The molecule has 0 bridgehead atoms. The molecule has 0 saturated heterocycles. The van der Waals surface area contributed by atoms with E-state index < -0.39 is 18.6 Å². The van der Waals surface area contributed by atoms with E-state index in [1.54, 1.807) is 0 Å². The summed E-state index contributed by atoms with van der Waals surface area (Å²) in [6.45, 7) is 2.55. The highest BCUT2D eigenvalue weighted by atomic mass is 19.4. The predicted octanol–water partition coefficient (Wildman–Crippen LogP) is 1.91. The standard InChI is InChI=1S/C11H19F3N2O/c1-7(2)9(15)5-10(17)16(8-3-4-8)6-11(12,13)14/h7-9H,3-6,15H2,1-2H3. The Morgan fingerprint density at radius 2 is 1.94 bits per heavy atom. The molecule has 1 aliphatic carbocycles. The van der Waals surface area contributed by atoms with Crippen molar-refractivity contribution in [1.82, 2.24) is 4.90 Å². The number of halogens is 3. The number of hydrogen-bond acceptors (Lipinski definition) is 2. The molecule has 2 N–H and O–H groups in total. The fraction of sp³-hybridized carbons (Fsp3) is 0.909. The van der Waals surface area contributed by atoms with Crippen LogP contribution < -0.4 is 5.73 Å². The first kappa shape index (κ1) is 14.3. The van der Waals surface area contributed by atoms with E-state index in [2.05, 4.69) is 0 Å². The van der Waals surface area contributed by atoms with E-state index >= 15 is 0 Å².